The molecule has 1 heterocycles. The average Bonchev–Trinajstić information content (AvgIpc) is 2.70. The first-order valence-electron chi connectivity index (χ1n) is 8.71. The fraction of sp³-hybridized carbons (Fsp3) is 0.350. The molecule has 2 aromatic carbocycles. The number of nitrogens with one attached hydrogen (secondary N) is 1. The van der Waals surface area contributed by atoms with Gasteiger partial charge in [-0.15, -0.1) is 0 Å². The number of hydrogen-bond donors (Lipinski definition) is 1. The summed E-state index contributed by atoms with van der Waals surface area (Å²) in [6.07, 6.45) is 0. The Morgan fingerprint density at radius 3 is 2.00 bits per heavy atom. The highest BCUT2D eigenvalue weighted by molar-refractivity contribution is 6.24. The van der Waals surface area contributed by atoms with Crippen molar-refractivity contribution in [1.29, 1.82) is 5.41 Å². The van der Waals surface area contributed by atoms with E-state index in [2.05, 4.69) is 74.6 Å². The summed E-state index contributed by atoms with van der Waals surface area (Å²) in [4.78, 5) is 4.71. The van der Waals surface area contributed by atoms with Crippen molar-refractivity contribution in [2.75, 3.05) is 32.7 Å². The number of amidine groups is 1. The van der Waals surface area contributed by atoms with E-state index in [1.807, 2.05) is 30.3 Å². The lowest BCUT2D eigenvalue weighted by atomic mass is 10.0. The van der Waals surface area contributed by atoms with Crippen LogP contribution in [0.25, 0.3) is 0 Å². The Morgan fingerprint density at radius 2 is 1.46 bits per heavy atom. The normalized spacial score (nSPS) is 15.7. The van der Waals surface area contributed by atoms with E-state index in [9.17, 15) is 0 Å². The molecule has 1 aliphatic rings. The van der Waals surface area contributed by atoms with Crippen LogP contribution in [-0.4, -0.2) is 48.4 Å². The van der Waals surface area contributed by atoms with Gasteiger partial charge in [0.05, 0.1) is 23.7 Å². The van der Waals surface area contributed by atoms with Crippen LogP contribution in [0.2, 0.25) is 0 Å². The van der Waals surface area contributed by atoms with Crippen molar-refractivity contribution in [2.45, 2.75) is 12.8 Å². The first-order chi connectivity index (χ1) is 12.7. The molecular formula is C20H25Cl2N3O. The summed E-state index contributed by atoms with van der Waals surface area (Å²) in [5.41, 5.74) is 2.42. The lowest BCUT2D eigenvalue weighted by Crippen LogP contribution is -2.49. The van der Waals surface area contributed by atoms with E-state index >= 15 is 0 Å². The molecule has 0 bridgehead atoms. The predicted molar refractivity (Wildman–Crippen MR) is 109 cm³/mol. The van der Waals surface area contributed by atoms with Gasteiger partial charge in [-0.05, 0) is 11.5 Å². The molecule has 0 amide bonds. The molecule has 0 spiro atoms. The van der Waals surface area contributed by atoms with Crippen molar-refractivity contribution in [1.82, 2.24) is 9.80 Å². The summed E-state index contributed by atoms with van der Waals surface area (Å²) >= 11 is 8.53. The minimum atomic E-state index is 0.552. The van der Waals surface area contributed by atoms with Crippen LogP contribution >= 0.6 is 23.7 Å². The number of benzene rings is 2. The maximum atomic E-state index is 8.37. The van der Waals surface area contributed by atoms with Gasteiger partial charge in [-0.25, -0.2) is 0 Å². The Labute approximate surface area is 166 Å². The van der Waals surface area contributed by atoms with Gasteiger partial charge in [0.2, 0.25) is 0 Å². The third kappa shape index (κ3) is 6.29. The van der Waals surface area contributed by atoms with E-state index in [-0.39, 0.29) is 0 Å². The van der Waals surface area contributed by atoms with Crippen LogP contribution in [0.3, 0.4) is 0 Å². The Bertz CT molecular complexity index is 647. The van der Waals surface area contributed by atoms with Gasteiger partial charge in [-0.1, -0.05) is 67.6 Å². The molecule has 2 aromatic rings. The van der Waals surface area contributed by atoms with E-state index in [0.29, 0.717) is 11.8 Å². The molecule has 1 N–H and O–H groups in total. The van der Waals surface area contributed by atoms with Gasteiger partial charge in [0, 0.05) is 38.3 Å². The minimum absolute atomic E-state index is 0.552. The maximum Gasteiger partial charge on any atom is 0.128 e. The third-order valence-corrected chi connectivity index (χ3v) is 4.64. The highest BCUT2D eigenvalue weighted by Crippen LogP contribution is 2.17. The van der Waals surface area contributed by atoms with Crippen molar-refractivity contribution in [2.24, 2.45) is 0 Å². The fourth-order valence-corrected chi connectivity index (χ4v) is 3.21. The lowest BCUT2D eigenvalue weighted by molar-refractivity contribution is 0.175. The van der Waals surface area contributed by atoms with Crippen molar-refractivity contribution in [3.05, 3.63) is 71.8 Å². The van der Waals surface area contributed by atoms with Gasteiger partial charge >= 0.3 is 0 Å². The van der Waals surface area contributed by atoms with Crippen LogP contribution < -0.4 is 0 Å². The van der Waals surface area contributed by atoms with E-state index in [4.69, 9.17) is 5.41 Å². The smallest absolute Gasteiger partial charge is 0.128 e. The molecule has 3 rings (SSSR count). The summed E-state index contributed by atoms with van der Waals surface area (Å²) in [5.74, 6) is 1.21. The highest BCUT2D eigenvalue weighted by Gasteiger charge is 2.21. The Balaban J connectivity index is 0.000000758. The summed E-state index contributed by atoms with van der Waals surface area (Å²) in [6.45, 7) is 7.34. The van der Waals surface area contributed by atoms with Gasteiger partial charge in [0.15, 0.2) is 0 Å². The van der Waals surface area contributed by atoms with Crippen LogP contribution in [0, 0.1) is 5.41 Å². The van der Waals surface area contributed by atoms with E-state index in [1.165, 1.54) is 5.56 Å². The molecule has 0 aromatic heterocycles. The van der Waals surface area contributed by atoms with Crippen LogP contribution in [0.15, 0.2) is 60.7 Å². The second-order valence-corrected chi connectivity index (χ2v) is 6.84. The molecule has 4 nitrogen and oxygen atoms in total. The lowest BCUT2D eigenvalue weighted by Gasteiger charge is -2.37. The van der Waals surface area contributed by atoms with Gasteiger partial charge in [0.1, 0.15) is 5.84 Å². The Morgan fingerprint density at radius 1 is 0.962 bits per heavy atom. The fourth-order valence-electron chi connectivity index (χ4n) is 3.21. The molecule has 1 atom stereocenters. The molecule has 6 heteroatoms. The molecule has 1 aliphatic heterocycles. The molecule has 140 valence electrons. The van der Waals surface area contributed by atoms with Gasteiger partial charge in [0.25, 0.3) is 0 Å². The molecule has 0 radical (unpaired) electrons. The first kappa shape index (κ1) is 20.7. The summed E-state index contributed by atoms with van der Waals surface area (Å²) in [5, 5.41) is 8.37. The largest absolute Gasteiger partial charge is 0.354 e. The van der Waals surface area contributed by atoms with Crippen LogP contribution in [0.4, 0.5) is 0 Å². The van der Waals surface area contributed by atoms with E-state index < -0.39 is 0 Å². The van der Waals surface area contributed by atoms with Crippen molar-refractivity contribution < 1.29 is 3.84 Å². The summed E-state index contributed by atoms with van der Waals surface area (Å²) in [6, 6.07) is 20.8. The number of rotatable bonds is 4. The zero-order chi connectivity index (χ0) is 18.8. The Kier molecular flexibility index (Phi) is 8.92. The molecule has 0 saturated carbocycles. The molecule has 1 fully saturated rings. The van der Waals surface area contributed by atoms with Crippen molar-refractivity contribution in [3.63, 3.8) is 0 Å². The van der Waals surface area contributed by atoms with Crippen molar-refractivity contribution in [3.8, 4) is 0 Å². The van der Waals surface area contributed by atoms with Crippen LogP contribution in [0.1, 0.15) is 24.0 Å². The molecule has 0 aliphatic carbocycles. The predicted octanol–water partition coefficient (Wildman–Crippen LogP) is 4.74. The number of hydrogen-bond acceptors (Lipinski definition) is 3. The maximum absolute atomic E-state index is 8.37. The van der Waals surface area contributed by atoms with Crippen LogP contribution in [0.5, 0.6) is 0 Å². The quantitative estimate of drug-likeness (QED) is 0.601. The standard InChI is InChI=1S/C20H25N3.Cl2O/c1-17(18-8-4-2-5-9-18)16-22-12-14-23(15-13-22)20(21)19-10-6-3-7-11-19;1-3-2/h2-11,17,21H,12-16H2,1H3;. The molecule has 1 unspecified atom stereocenters. The third-order valence-electron chi connectivity index (χ3n) is 4.64. The van der Waals surface area contributed by atoms with Gasteiger partial charge < -0.3 is 4.90 Å². The topological polar surface area (TPSA) is 39.6 Å². The summed E-state index contributed by atoms with van der Waals surface area (Å²) in [7, 11) is 0. The number of nitrogens with zero attached hydrogens (tertiary/aromatic N) is 2. The van der Waals surface area contributed by atoms with Gasteiger partial charge in [-0.2, -0.15) is 3.84 Å². The second kappa shape index (κ2) is 11.2. The van der Waals surface area contributed by atoms with E-state index in [0.717, 1.165) is 38.3 Å². The Hall–Kier alpha value is -1.59. The summed E-state index contributed by atoms with van der Waals surface area (Å²) < 4.78 is 3.19. The first-order valence-corrected chi connectivity index (χ1v) is 9.33. The van der Waals surface area contributed by atoms with Crippen molar-refractivity contribution >= 4 is 29.6 Å². The molecule has 26 heavy (non-hydrogen) atoms. The number of halogens is 2. The zero-order valence-corrected chi connectivity index (χ0v) is 16.5. The van der Waals surface area contributed by atoms with Gasteiger partial charge in [-0.3, -0.25) is 10.3 Å². The second-order valence-electron chi connectivity index (χ2n) is 6.37. The van der Waals surface area contributed by atoms with Crippen LogP contribution in [-0.2, 0) is 3.84 Å². The average molecular weight is 394 g/mol. The number of piperazine rings is 1. The monoisotopic (exact) mass is 393 g/mol. The zero-order valence-electron chi connectivity index (χ0n) is 14.9. The highest BCUT2D eigenvalue weighted by atomic mass is 35.6. The SMILES string of the molecule is CC(CN1CCN(C(=N)c2ccccc2)CC1)c1ccccc1.ClOCl. The molecular weight excluding hydrogens is 369 g/mol. The molecule has 1 saturated heterocycles. The van der Waals surface area contributed by atoms with E-state index in [1.54, 1.807) is 0 Å². The minimum Gasteiger partial charge on any atom is -0.354 e.